The van der Waals surface area contributed by atoms with Crippen LogP contribution in [0.1, 0.15) is 36.3 Å². The van der Waals surface area contributed by atoms with E-state index in [2.05, 4.69) is 15.6 Å². The molecule has 0 aliphatic rings. The SMILES string of the molecule is CC[C@H](C)NC(=O)CN(C)C(=O)c1csc(Nc2cccc(C(F)(F)F)c2)n1. The third-order valence-corrected chi connectivity index (χ3v) is 4.67. The minimum absolute atomic E-state index is 0.0125. The normalized spacial score (nSPS) is 12.4. The molecule has 2 rings (SSSR count). The molecule has 10 heteroatoms. The maximum absolute atomic E-state index is 12.8. The van der Waals surface area contributed by atoms with Gasteiger partial charge in [-0.2, -0.15) is 13.2 Å². The van der Waals surface area contributed by atoms with Crippen LogP contribution in [0.5, 0.6) is 0 Å². The van der Waals surface area contributed by atoms with Crippen molar-refractivity contribution in [1.82, 2.24) is 15.2 Å². The second kappa shape index (κ2) is 9.05. The van der Waals surface area contributed by atoms with Crippen molar-refractivity contribution in [3.63, 3.8) is 0 Å². The lowest BCUT2D eigenvalue weighted by Crippen LogP contribution is -2.41. The van der Waals surface area contributed by atoms with Crippen LogP contribution < -0.4 is 10.6 Å². The van der Waals surface area contributed by atoms with Crippen LogP contribution in [0.15, 0.2) is 29.6 Å². The molecular formula is C18H21F3N4O2S. The van der Waals surface area contributed by atoms with Gasteiger partial charge < -0.3 is 15.5 Å². The molecule has 1 heterocycles. The van der Waals surface area contributed by atoms with Crippen LogP contribution in [0, 0.1) is 0 Å². The number of alkyl halides is 3. The summed E-state index contributed by atoms with van der Waals surface area (Å²) in [5.41, 5.74) is -0.458. The fourth-order valence-electron chi connectivity index (χ4n) is 2.23. The summed E-state index contributed by atoms with van der Waals surface area (Å²) in [6.45, 7) is 3.69. The van der Waals surface area contributed by atoms with Crippen molar-refractivity contribution < 1.29 is 22.8 Å². The molecule has 0 radical (unpaired) electrons. The lowest BCUT2D eigenvalue weighted by molar-refractivity contribution is -0.137. The van der Waals surface area contributed by atoms with Gasteiger partial charge in [-0.3, -0.25) is 9.59 Å². The number of thiazole rings is 1. The second-order valence-electron chi connectivity index (χ2n) is 6.28. The van der Waals surface area contributed by atoms with E-state index in [-0.39, 0.29) is 35.0 Å². The molecular weight excluding hydrogens is 393 g/mol. The molecule has 152 valence electrons. The van der Waals surface area contributed by atoms with Crippen molar-refractivity contribution in [2.75, 3.05) is 18.9 Å². The van der Waals surface area contributed by atoms with E-state index < -0.39 is 17.6 Å². The van der Waals surface area contributed by atoms with E-state index >= 15 is 0 Å². The van der Waals surface area contributed by atoms with Crippen LogP contribution in [0.2, 0.25) is 0 Å². The zero-order chi connectivity index (χ0) is 20.9. The summed E-state index contributed by atoms with van der Waals surface area (Å²) in [4.78, 5) is 29.6. The van der Waals surface area contributed by atoms with E-state index in [4.69, 9.17) is 0 Å². The minimum atomic E-state index is -4.44. The summed E-state index contributed by atoms with van der Waals surface area (Å²) in [6.07, 6.45) is -3.67. The standard InChI is InChI=1S/C18H21F3N4O2S/c1-4-11(2)22-15(26)9-25(3)16(27)14-10-28-17(24-14)23-13-7-5-6-12(8-13)18(19,20)21/h5-8,10-11H,4,9H2,1-3H3,(H,22,26)(H,23,24)/t11-/m0/s1. The topological polar surface area (TPSA) is 74.3 Å². The third-order valence-electron chi connectivity index (χ3n) is 3.91. The number of carbonyl (C=O) groups excluding carboxylic acids is 2. The first kappa shape index (κ1) is 21.7. The number of rotatable bonds is 7. The number of likely N-dealkylation sites (N-methyl/N-ethyl adjacent to an activating group) is 1. The summed E-state index contributed by atoms with van der Waals surface area (Å²) in [5.74, 6) is -0.726. The van der Waals surface area contributed by atoms with E-state index in [0.29, 0.717) is 0 Å². The molecule has 2 aromatic rings. The number of nitrogens with one attached hydrogen (secondary N) is 2. The zero-order valence-electron chi connectivity index (χ0n) is 15.6. The number of benzene rings is 1. The third kappa shape index (κ3) is 5.95. The van der Waals surface area contributed by atoms with E-state index in [0.717, 1.165) is 29.9 Å². The van der Waals surface area contributed by atoms with Gasteiger partial charge in [0, 0.05) is 24.2 Å². The lowest BCUT2D eigenvalue weighted by atomic mass is 10.2. The summed E-state index contributed by atoms with van der Waals surface area (Å²) < 4.78 is 38.4. The average Bonchev–Trinajstić information content (AvgIpc) is 3.08. The van der Waals surface area contributed by atoms with E-state index in [1.165, 1.54) is 29.5 Å². The van der Waals surface area contributed by atoms with Gasteiger partial charge in [-0.15, -0.1) is 11.3 Å². The smallest absolute Gasteiger partial charge is 0.352 e. The second-order valence-corrected chi connectivity index (χ2v) is 7.14. The number of carbonyl (C=O) groups is 2. The van der Waals surface area contributed by atoms with Gasteiger partial charge in [0.15, 0.2) is 5.13 Å². The van der Waals surface area contributed by atoms with Gasteiger partial charge in [0.1, 0.15) is 5.69 Å². The lowest BCUT2D eigenvalue weighted by Gasteiger charge is -2.17. The van der Waals surface area contributed by atoms with E-state index in [1.807, 2.05) is 13.8 Å². The molecule has 0 saturated carbocycles. The molecule has 1 atom stereocenters. The molecule has 28 heavy (non-hydrogen) atoms. The first-order chi connectivity index (χ1) is 13.1. The number of halogens is 3. The Labute approximate surface area is 164 Å². The van der Waals surface area contributed by atoms with Crippen molar-refractivity contribution in [2.45, 2.75) is 32.5 Å². The van der Waals surface area contributed by atoms with Gasteiger partial charge in [0.2, 0.25) is 5.91 Å². The Kier molecular flexibility index (Phi) is 7.00. The van der Waals surface area contributed by atoms with Gasteiger partial charge in [-0.25, -0.2) is 4.98 Å². The predicted octanol–water partition coefficient (Wildman–Crippen LogP) is 3.89. The highest BCUT2D eigenvalue weighted by atomic mass is 32.1. The largest absolute Gasteiger partial charge is 0.416 e. The number of anilines is 2. The van der Waals surface area contributed by atoms with Crippen LogP contribution in [-0.2, 0) is 11.0 Å². The van der Waals surface area contributed by atoms with E-state index in [9.17, 15) is 22.8 Å². The van der Waals surface area contributed by atoms with Crippen molar-refractivity contribution in [3.8, 4) is 0 Å². The fourth-order valence-corrected chi connectivity index (χ4v) is 2.94. The Morgan fingerprint density at radius 1 is 1.32 bits per heavy atom. The molecule has 1 aromatic heterocycles. The van der Waals surface area contributed by atoms with Crippen LogP contribution in [0.4, 0.5) is 24.0 Å². The average molecular weight is 414 g/mol. The quantitative estimate of drug-likeness (QED) is 0.721. The summed E-state index contributed by atoms with van der Waals surface area (Å²) in [5, 5.41) is 7.30. The molecule has 0 aliphatic heterocycles. The molecule has 0 aliphatic carbocycles. The van der Waals surface area contributed by atoms with Gasteiger partial charge in [-0.1, -0.05) is 13.0 Å². The number of amides is 2. The molecule has 0 unspecified atom stereocenters. The van der Waals surface area contributed by atoms with Gasteiger partial charge in [-0.05, 0) is 31.5 Å². The number of aromatic nitrogens is 1. The van der Waals surface area contributed by atoms with Crippen LogP contribution >= 0.6 is 11.3 Å². The first-order valence-corrected chi connectivity index (χ1v) is 9.42. The van der Waals surface area contributed by atoms with Crippen molar-refractivity contribution in [1.29, 1.82) is 0 Å². The summed E-state index contributed by atoms with van der Waals surface area (Å²) >= 11 is 1.09. The Balaban J connectivity index is 2.01. The summed E-state index contributed by atoms with van der Waals surface area (Å²) in [6, 6.07) is 4.71. The van der Waals surface area contributed by atoms with Crippen molar-refractivity contribution >= 4 is 34.0 Å². The highest BCUT2D eigenvalue weighted by Gasteiger charge is 2.30. The molecule has 0 bridgehead atoms. The van der Waals surface area contributed by atoms with Gasteiger partial charge >= 0.3 is 6.18 Å². The molecule has 2 N–H and O–H groups in total. The van der Waals surface area contributed by atoms with Crippen molar-refractivity contribution in [3.05, 3.63) is 40.9 Å². The van der Waals surface area contributed by atoms with Crippen molar-refractivity contribution in [2.24, 2.45) is 0 Å². The highest BCUT2D eigenvalue weighted by molar-refractivity contribution is 7.14. The van der Waals surface area contributed by atoms with Crippen LogP contribution in [0.25, 0.3) is 0 Å². The van der Waals surface area contributed by atoms with Gasteiger partial charge in [0.05, 0.1) is 12.1 Å². The predicted molar refractivity (Wildman–Crippen MR) is 102 cm³/mol. The molecule has 0 spiro atoms. The maximum Gasteiger partial charge on any atom is 0.416 e. The Bertz CT molecular complexity index is 838. The Morgan fingerprint density at radius 2 is 2.04 bits per heavy atom. The van der Waals surface area contributed by atoms with Crippen LogP contribution in [0.3, 0.4) is 0 Å². The number of nitrogens with zero attached hydrogens (tertiary/aromatic N) is 2. The maximum atomic E-state index is 12.8. The van der Waals surface area contributed by atoms with E-state index in [1.54, 1.807) is 0 Å². The molecule has 0 saturated heterocycles. The number of hydrogen-bond donors (Lipinski definition) is 2. The zero-order valence-corrected chi connectivity index (χ0v) is 16.4. The molecule has 0 fully saturated rings. The monoisotopic (exact) mass is 414 g/mol. The fraction of sp³-hybridized carbons (Fsp3) is 0.389. The minimum Gasteiger partial charge on any atom is -0.352 e. The summed E-state index contributed by atoms with van der Waals surface area (Å²) in [7, 11) is 1.48. The highest BCUT2D eigenvalue weighted by Crippen LogP contribution is 2.31. The first-order valence-electron chi connectivity index (χ1n) is 8.54. The molecule has 1 aromatic carbocycles. The van der Waals surface area contributed by atoms with Gasteiger partial charge in [0.25, 0.3) is 5.91 Å². The Hall–Kier alpha value is -2.62. The van der Waals surface area contributed by atoms with Crippen LogP contribution in [-0.4, -0.2) is 41.3 Å². The molecule has 2 amide bonds. The number of hydrogen-bond acceptors (Lipinski definition) is 5. The Morgan fingerprint density at radius 3 is 2.68 bits per heavy atom. The molecule has 6 nitrogen and oxygen atoms in total.